The summed E-state index contributed by atoms with van der Waals surface area (Å²) in [4.78, 5) is 28.1. The smallest absolute Gasteiger partial charge is 0.262 e. The first kappa shape index (κ1) is 27.1. The van der Waals surface area contributed by atoms with Gasteiger partial charge in [0.05, 0.1) is 25.5 Å². The molecular weight excluding hydrogens is 574 g/mol. The molecule has 2 amide bonds. The number of hydrogen-bond acceptors (Lipinski definition) is 6. The molecule has 2 N–H and O–H groups in total. The van der Waals surface area contributed by atoms with Crippen molar-refractivity contribution in [2.75, 3.05) is 36.4 Å². The molecule has 1 aliphatic heterocycles. The molecule has 0 aromatic heterocycles. The number of amides is 2. The molecule has 4 aromatic rings. The summed E-state index contributed by atoms with van der Waals surface area (Å²) in [5, 5.41) is 6.30. The summed E-state index contributed by atoms with van der Waals surface area (Å²) in [5.41, 5.74) is 4.47. The number of halogens is 1. The van der Waals surface area contributed by atoms with E-state index in [-0.39, 0.29) is 18.4 Å². The Morgan fingerprint density at radius 3 is 2.38 bits per heavy atom. The summed E-state index contributed by atoms with van der Waals surface area (Å²) in [5.74, 6) is 0.864. The fourth-order valence-corrected chi connectivity index (χ4v) is 5.09. The number of nitrogens with one attached hydrogen (secondary N) is 2. The number of nitrogens with zero attached hydrogens (tertiary/aromatic N) is 1. The molecule has 5 rings (SSSR count). The molecule has 0 radical (unpaired) electrons. The van der Waals surface area contributed by atoms with Crippen molar-refractivity contribution >= 4 is 44.8 Å². The Labute approximate surface area is 241 Å². The van der Waals surface area contributed by atoms with Crippen LogP contribution in [0.5, 0.6) is 17.2 Å². The van der Waals surface area contributed by atoms with Gasteiger partial charge in [-0.2, -0.15) is 0 Å². The van der Waals surface area contributed by atoms with E-state index in [2.05, 4.69) is 26.6 Å². The molecule has 8 nitrogen and oxygen atoms in total. The fraction of sp³-hybridized carbons (Fsp3) is 0.161. The molecule has 0 spiro atoms. The molecule has 0 saturated carbocycles. The maximum absolute atomic E-state index is 13.8. The third-order valence-corrected chi connectivity index (χ3v) is 7.24. The van der Waals surface area contributed by atoms with Gasteiger partial charge in [-0.05, 0) is 55.5 Å². The van der Waals surface area contributed by atoms with Crippen LogP contribution in [-0.4, -0.2) is 32.6 Å². The third-order valence-electron chi connectivity index (χ3n) is 6.56. The number of ether oxygens (including phenoxy) is 3. The minimum Gasteiger partial charge on any atom is -0.495 e. The molecule has 204 valence electrons. The maximum Gasteiger partial charge on any atom is 0.262 e. The number of hydrogen-bond donors (Lipinski definition) is 2. The Kier molecular flexibility index (Phi) is 7.93. The highest BCUT2D eigenvalue weighted by Gasteiger charge is 2.35. The highest BCUT2D eigenvalue weighted by Crippen LogP contribution is 2.42. The number of benzene rings is 4. The maximum atomic E-state index is 13.8. The number of carbonyl (C=O) groups is 2. The zero-order valence-corrected chi connectivity index (χ0v) is 23.8. The lowest BCUT2D eigenvalue weighted by molar-refractivity contribution is -0.118. The summed E-state index contributed by atoms with van der Waals surface area (Å²) in [6, 6.07) is 25.9. The summed E-state index contributed by atoms with van der Waals surface area (Å²) >= 11 is 3.67. The van der Waals surface area contributed by atoms with Gasteiger partial charge >= 0.3 is 0 Å². The lowest BCUT2D eigenvalue weighted by Crippen LogP contribution is -2.43. The molecule has 0 fully saturated rings. The molecule has 1 atom stereocenters. The van der Waals surface area contributed by atoms with E-state index in [9.17, 15) is 9.59 Å². The quantitative estimate of drug-likeness (QED) is 0.238. The van der Waals surface area contributed by atoms with Crippen molar-refractivity contribution in [1.29, 1.82) is 0 Å². The van der Waals surface area contributed by atoms with Gasteiger partial charge in [0.2, 0.25) is 0 Å². The Balaban J connectivity index is 1.44. The number of methoxy groups -OCH3 is 2. The predicted molar refractivity (Wildman–Crippen MR) is 159 cm³/mol. The molecule has 1 aliphatic rings. The van der Waals surface area contributed by atoms with Gasteiger partial charge in [-0.3, -0.25) is 14.5 Å². The van der Waals surface area contributed by atoms with Crippen LogP contribution in [0.15, 0.2) is 89.4 Å². The molecule has 0 aliphatic carbocycles. The molecule has 9 heteroatoms. The highest BCUT2D eigenvalue weighted by molar-refractivity contribution is 9.10. The van der Waals surface area contributed by atoms with Gasteiger partial charge in [-0.1, -0.05) is 57.9 Å². The van der Waals surface area contributed by atoms with Gasteiger partial charge in [-0.15, -0.1) is 0 Å². The van der Waals surface area contributed by atoms with Crippen molar-refractivity contribution in [3.8, 4) is 17.2 Å². The standard InChI is InChI=1S/C31H28BrN3O5/c1-19-12-14-20(15-13-19)35-30(34-24-9-5-4-8-21(24)31(35)37)22-16-27(39-3)28(17-23(22)32)40-18-29(36)33-25-10-6-7-11-26(25)38-2/h4-17,30,34H,18H2,1-3H3,(H,33,36)/t30-/m0/s1. The van der Waals surface area contributed by atoms with Crippen LogP contribution in [0, 0.1) is 6.92 Å². The van der Waals surface area contributed by atoms with Crippen molar-refractivity contribution in [1.82, 2.24) is 0 Å². The van der Waals surface area contributed by atoms with E-state index in [1.807, 2.05) is 61.5 Å². The zero-order chi connectivity index (χ0) is 28.2. The largest absolute Gasteiger partial charge is 0.495 e. The topological polar surface area (TPSA) is 89.1 Å². The molecule has 0 unspecified atom stereocenters. The van der Waals surface area contributed by atoms with Gasteiger partial charge < -0.3 is 24.8 Å². The van der Waals surface area contributed by atoms with Gasteiger partial charge in [0.25, 0.3) is 11.8 Å². The number of fused-ring (bicyclic) bond motifs is 1. The summed E-state index contributed by atoms with van der Waals surface area (Å²) in [6.07, 6.45) is -0.545. The predicted octanol–water partition coefficient (Wildman–Crippen LogP) is 6.56. The van der Waals surface area contributed by atoms with Crippen molar-refractivity contribution < 1.29 is 23.8 Å². The Bertz CT molecular complexity index is 1560. The van der Waals surface area contributed by atoms with Gasteiger partial charge in [-0.25, -0.2) is 0 Å². The normalized spacial score (nSPS) is 14.2. The fourth-order valence-electron chi connectivity index (χ4n) is 4.55. The van der Waals surface area contributed by atoms with Crippen LogP contribution in [0.2, 0.25) is 0 Å². The van der Waals surface area contributed by atoms with Crippen LogP contribution >= 0.6 is 15.9 Å². The van der Waals surface area contributed by atoms with Gasteiger partial charge in [0.15, 0.2) is 18.1 Å². The summed E-state index contributed by atoms with van der Waals surface area (Å²) in [7, 11) is 3.07. The van der Waals surface area contributed by atoms with E-state index < -0.39 is 6.17 Å². The zero-order valence-electron chi connectivity index (χ0n) is 22.2. The highest BCUT2D eigenvalue weighted by atomic mass is 79.9. The third kappa shape index (κ3) is 5.46. The van der Waals surface area contributed by atoms with Gasteiger partial charge in [0, 0.05) is 21.4 Å². The molecule has 0 saturated heterocycles. The molecule has 40 heavy (non-hydrogen) atoms. The number of para-hydroxylation sites is 3. The minimum absolute atomic E-state index is 0.123. The Hall–Kier alpha value is -4.50. The lowest BCUT2D eigenvalue weighted by Gasteiger charge is -2.38. The second-order valence-electron chi connectivity index (χ2n) is 9.16. The molecule has 0 bridgehead atoms. The second kappa shape index (κ2) is 11.7. The average molecular weight is 602 g/mol. The molecule has 1 heterocycles. The SMILES string of the molecule is COc1ccccc1NC(=O)COc1cc(Br)c([C@H]2Nc3ccccc3C(=O)N2c2ccc(C)cc2)cc1OC. The van der Waals surface area contributed by atoms with Crippen molar-refractivity contribution in [2.24, 2.45) is 0 Å². The van der Waals surface area contributed by atoms with Crippen LogP contribution in [0.25, 0.3) is 0 Å². The first-order valence-corrected chi connectivity index (χ1v) is 13.4. The minimum atomic E-state index is -0.545. The van der Waals surface area contributed by atoms with E-state index in [1.165, 1.54) is 7.11 Å². The monoisotopic (exact) mass is 601 g/mol. The van der Waals surface area contributed by atoms with Crippen molar-refractivity contribution in [3.05, 3.63) is 106 Å². The lowest BCUT2D eigenvalue weighted by atomic mass is 10.0. The van der Waals surface area contributed by atoms with E-state index in [0.717, 1.165) is 22.5 Å². The van der Waals surface area contributed by atoms with Gasteiger partial charge in [0.1, 0.15) is 11.9 Å². The molecule has 4 aromatic carbocycles. The van der Waals surface area contributed by atoms with Crippen LogP contribution in [0.4, 0.5) is 17.1 Å². The second-order valence-corrected chi connectivity index (χ2v) is 10.0. The summed E-state index contributed by atoms with van der Waals surface area (Å²) < 4.78 is 17.5. The number of anilines is 3. The van der Waals surface area contributed by atoms with Crippen LogP contribution in [-0.2, 0) is 4.79 Å². The van der Waals surface area contributed by atoms with E-state index in [1.54, 1.807) is 42.3 Å². The van der Waals surface area contributed by atoms with Crippen molar-refractivity contribution in [2.45, 2.75) is 13.1 Å². The first-order valence-electron chi connectivity index (χ1n) is 12.6. The number of aryl methyl sites for hydroxylation is 1. The van der Waals surface area contributed by atoms with Crippen LogP contribution < -0.4 is 29.7 Å². The first-order chi connectivity index (χ1) is 19.4. The van der Waals surface area contributed by atoms with Crippen LogP contribution in [0.3, 0.4) is 0 Å². The van der Waals surface area contributed by atoms with Crippen molar-refractivity contribution in [3.63, 3.8) is 0 Å². The van der Waals surface area contributed by atoms with E-state index >= 15 is 0 Å². The number of rotatable bonds is 8. The summed E-state index contributed by atoms with van der Waals surface area (Å²) in [6.45, 7) is 1.76. The average Bonchev–Trinajstić information content (AvgIpc) is 2.97. The Morgan fingerprint density at radius 1 is 0.925 bits per heavy atom. The molecular formula is C31H28BrN3O5. The van der Waals surface area contributed by atoms with E-state index in [4.69, 9.17) is 14.2 Å². The van der Waals surface area contributed by atoms with E-state index in [0.29, 0.717) is 33.0 Å². The number of carbonyl (C=O) groups excluding carboxylic acids is 2. The van der Waals surface area contributed by atoms with Crippen LogP contribution in [0.1, 0.15) is 27.7 Å². The Morgan fingerprint density at radius 2 is 1.62 bits per heavy atom.